The van der Waals surface area contributed by atoms with Gasteiger partial charge >= 0.3 is 0 Å². The Hall–Kier alpha value is -1.46. The number of aliphatic hydroxyl groups excluding tert-OH is 1. The number of hydrogen-bond donors (Lipinski definition) is 2. The monoisotopic (exact) mass is 249 g/mol. The number of nitrogens with one attached hydrogen (secondary N) is 1. The van der Waals surface area contributed by atoms with Crippen LogP contribution in [-0.4, -0.2) is 46.6 Å². The van der Waals surface area contributed by atoms with Crippen molar-refractivity contribution < 1.29 is 9.90 Å². The summed E-state index contributed by atoms with van der Waals surface area (Å²) in [6.45, 7) is 2.34. The van der Waals surface area contributed by atoms with Crippen molar-refractivity contribution in [3.8, 4) is 0 Å². The molecule has 0 aliphatic carbocycles. The predicted molar refractivity (Wildman–Crippen MR) is 67.8 cm³/mol. The topological polar surface area (TPSA) is 65.5 Å². The van der Waals surface area contributed by atoms with E-state index in [0.717, 1.165) is 25.1 Å². The van der Waals surface area contributed by atoms with Gasteiger partial charge in [-0.15, -0.1) is 0 Å². The maximum absolute atomic E-state index is 11.9. The largest absolute Gasteiger partial charge is 0.396 e. The Morgan fingerprint density at radius 3 is 2.94 bits per heavy atom. The Bertz CT molecular complexity index is 383. The van der Waals surface area contributed by atoms with Crippen LogP contribution in [0.4, 0.5) is 0 Å². The van der Waals surface area contributed by atoms with E-state index in [1.54, 1.807) is 12.4 Å². The SMILES string of the molecule is O=C1NCCCN(Cc2ccncc2)C1CCO. The quantitative estimate of drug-likeness (QED) is 0.797. The molecule has 1 aromatic rings. The van der Waals surface area contributed by atoms with Gasteiger partial charge in [0.25, 0.3) is 0 Å². The summed E-state index contributed by atoms with van der Waals surface area (Å²) < 4.78 is 0. The number of amides is 1. The first-order valence-electron chi connectivity index (χ1n) is 6.33. The summed E-state index contributed by atoms with van der Waals surface area (Å²) in [5.74, 6) is 0.0237. The lowest BCUT2D eigenvalue weighted by molar-refractivity contribution is -0.126. The molecular weight excluding hydrogens is 230 g/mol. The minimum Gasteiger partial charge on any atom is -0.396 e. The van der Waals surface area contributed by atoms with Crippen molar-refractivity contribution in [1.82, 2.24) is 15.2 Å². The number of pyridine rings is 1. The number of rotatable bonds is 4. The summed E-state index contributed by atoms with van der Waals surface area (Å²) in [6, 6.07) is 3.68. The maximum Gasteiger partial charge on any atom is 0.237 e. The average molecular weight is 249 g/mol. The molecule has 1 amide bonds. The fraction of sp³-hybridized carbons (Fsp3) is 0.538. The van der Waals surface area contributed by atoms with Gasteiger partial charge < -0.3 is 10.4 Å². The smallest absolute Gasteiger partial charge is 0.237 e. The molecule has 0 bridgehead atoms. The summed E-state index contributed by atoms with van der Waals surface area (Å²) in [5.41, 5.74) is 1.14. The first-order valence-corrected chi connectivity index (χ1v) is 6.33. The molecule has 5 heteroatoms. The molecule has 2 N–H and O–H groups in total. The van der Waals surface area contributed by atoms with Crippen molar-refractivity contribution in [3.05, 3.63) is 30.1 Å². The highest BCUT2D eigenvalue weighted by Crippen LogP contribution is 2.13. The fourth-order valence-corrected chi connectivity index (χ4v) is 2.28. The highest BCUT2D eigenvalue weighted by Gasteiger charge is 2.27. The van der Waals surface area contributed by atoms with Crippen molar-refractivity contribution in [3.63, 3.8) is 0 Å². The van der Waals surface area contributed by atoms with E-state index >= 15 is 0 Å². The van der Waals surface area contributed by atoms with E-state index in [-0.39, 0.29) is 18.6 Å². The van der Waals surface area contributed by atoms with Crippen molar-refractivity contribution in [2.75, 3.05) is 19.7 Å². The molecule has 1 saturated heterocycles. The van der Waals surface area contributed by atoms with Gasteiger partial charge in [0.2, 0.25) is 5.91 Å². The van der Waals surface area contributed by atoms with Crippen LogP contribution in [0.25, 0.3) is 0 Å². The number of aliphatic hydroxyl groups is 1. The van der Waals surface area contributed by atoms with Gasteiger partial charge in [-0.3, -0.25) is 14.7 Å². The highest BCUT2D eigenvalue weighted by molar-refractivity contribution is 5.81. The minimum atomic E-state index is -0.231. The van der Waals surface area contributed by atoms with Gasteiger partial charge in [-0.2, -0.15) is 0 Å². The summed E-state index contributed by atoms with van der Waals surface area (Å²) in [6.07, 6.45) is 4.94. The van der Waals surface area contributed by atoms with Gasteiger partial charge in [0.05, 0.1) is 6.04 Å². The maximum atomic E-state index is 11.9. The molecule has 0 radical (unpaired) electrons. The van der Waals surface area contributed by atoms with Gasteiger partial charge in [0.15, 0.2) is 0 Å². The molecule has 1 atom stereocenters. The molecule has 0 saturated carbocycles. The second-order valence-corrected chi connectivity index (χ2v) is 4.50. The zero-order valence-corrected chi connectivity index (χ0v) is 10.4. The van der Waals surface area contributed by atoms with E-state index in [1.807, 2.05) is 12.1 Å². The normalized spacial score (nSPS) is 21.4. The van der Waals surface area contributed by atoms with E-state index < -0.39 is 0 Å². The number of carbonyl (C=O) groups excluding carboxylic acids is 1. The van der Waals surface area contributed by atoms with Gasteiger partial charge in [-0.25, -0.2) is 0 Å². The van der Waals surface area contributed by atoms with Crippen molar-refractivity contribution in [1.29, 1.82) is 0 Å². The summed E-state index contributed by atoms with van der Waals surface area (Å²) in [4.78, 5) is 18.1. The van der Waals surface area contributed by atoms with Crippen LogP contribution >= 0.6 is 0 Å². The number of nitrogens with zero attached hydrogens (tertiary/aromatic N) is 2. The zero-order chi connectivity index (χ0) is 12.8. The lowest BCUT2D eigenvalue weighted by Gasteiger charge is -2.27. The Balaban J connectivity index is 2.09. The standard InChI is InChI=1S/C13H19N3O2/c17-9-4-12-13(18)15-5-1-8-16(12)10-11-2-6-14-7-3-11/h2-3,6-7,12,17H,1,4-5,8-10H2,(H,15,18). The van der Waals surface area contributed by atoms with Crippen LogP contribution in [-0.2, 0) is 11.3 Å². The second kappa shape index (κ2) is 6.47. The van der Waals surface area contributed by atoms with Gasteiger partial charge in [0.1, 0.15) is 0 Å². The van der Waals surface area contributed by atoms with Crippen LogP contribution < -0.4 is 5.32 Å². The fourth-order valence-electron chi connectivity index (χ4n) is 2.28. The Morgan fingerprint density at radius 1 is 1.44 bits per heavy atom. The van der Waals surface area contributed by atoms with Crippen LogP contribution in [0.5, 0.6) is 0 Å². The lowest BCUT2D eigenvalue weighted by Crippen LogP contribution is -2.44. The molecule has 2 rings (SSSR count). The van der Waals surface area contributed by atoms with Crippen LogP contribution in [0.3, 0.4) is 0 Å². The zero-order valence-electron chi connectivity index (χ0n) is 10.4. The number of hydrogen-bond acceptors (Lipinski definition) is 4. The van der Waals surface area contributed by atoms with E-state index in [1.165, 1.54) is 0 Å². The molecule has 1 aliphatic rings. The second-order valence-electron chi connectivity index (χ2n) is 4.50. The highest BCUT2D eigenvalue weighted by atomic mass is 16.3. The number of aromatic nitrogens is 1. The molecule has 0 spiro atoms. The third-order valence-corrected chi connectivity index (χ3v) is 3.20. The van der Waals surface area contributed by atoms with Crippen molar-refractivity contribution in [2.24, 2.45) is 0 Å². The molecule has 1 aromatic heterocycles. The predicted octanol–water partition coefficient (Wildman–Crippen LogP) is 0.154. The first kappa shape index (κ1) is 13.0. The van der Waals surface area contributed by atoms with Crippen molar-refractivity contribution in [2.45, 2.75) is 25.4 Å². The molecule has 1 aliphatic heterocycles. The summed E-state index contributed by atoms with van der Waals surface area (Å²) in [7, 11) is 0. The van der Waals surface area contributed by atoms with Crippen LogP contribution in [0.15, 0.2) is 24.5 Å². The molecule has 18 heavy (non-hydrogen) atoms. The number of carbonyl (C=O) groups is 1. The molecule has 0 aromatic carbocycles. The Morgan fingerprint density at radius 2 is 2.22 bits per heavy atom. The third-order valence-electron chi connectivity index (χ3n) is 3.20. The third kappa shape index (κ3) is 3.27. The van der Waals surface area contributed by atoms with E-state index in [9.17, 15) is 4.79 Å². The summed E-state index contributed by atoms with van der Waals surface area (Å²) in [5, 5.41) is 12.0. The molecule has 1 unspecified atom stereocenters. The van der Waals surface area contributed by atoms with E-state index in [4.69, 9.17) is 5.11 Å². The molecule has 2 heterocycles. The lowest BCUT2D eigenvalue weighted by atomic mass is 10.1. The minimum absolute atomic E-state index is 0.0237. The molecule has 5 nitrogen and oxygen atoms in total. The molecular formula is C13H19N3O2. The Labute approximate surface area is 107 Å². The molecule has 1 fully saturated rings. The van der Waals surface area contributed by atoms with Gasteiger partial charge in [0, 0.05) is 38.6 Å². The summed E-state index contributed by atoms with van der Waals surface area (Å²) >= 11 is 0. The van der Waals surface area contributed by atoms with Gasteiger partial charge in [-0.1, -0.05) is 0 Å². The van der Waals surface area contributed by atoms with Gasteiger partial charge in [-0.05, 0) is 30.5 Å². The van der Waals surface area contributed by atoms with E-state index in [0.29, 0.717) is 13.0 Å². The Kier molecular flexibility index (Phi) is 4.66. The molecule has 98 valence electrons. The average Bonchev–Trinajstić information content (AvgIpc) is 2.56. The van der Waals surface area contributed by atoms with Crippen molar-refractivity contribution >= 4 is 5.91 Å². The van der Waals surface area contributed by atoms with Crippen LogP contribution in [0.1, 0.15) is 18.4 Å². The van der Waals surface area contributed by atoms with Crippen LogP contribution in [0.2, 0.25) is 0 Å². The first-order chi connectivity index (χ1) is 8.81. The van der Waals surface area contributed by atoms with Crippen LogP contribution in [0, 0.1) is 0 Å². The van der Waals surface area contributed by atoms with E-state index in [2.05, 4.69) is 15.2 Å².